The molecule has 2 atom stereocenters. The fourth-order valence-electron chi connectivity index (χ4n) is 3.96. The van der Waals surface area contributed by atoms with Gasteiger partial charge in [0.1, 0.15) is 0 Å². The number of nitrogens with zero attached hydrogens (tertiary/aromatic N) is 1. The highest BCUT2D eigenvalue weighted by Gasteiger charge is 2.29. The van der Waals surface area contributed by atoms with Crippen molar-refractivity contribution < 1.29 is 29.2 Å². The highest BCUT2D eigenvalue weighted by molar-refractivity contribution is 5.79. The van der Waals surface area contributed by atoms with E-state index in [1.807, 2.05) is 32.3 Å². The zero-order chi connectivity index (χ0) is 25.1. The monoisotopic (exact) mass is 474 g/mol. The van der Waals surface area contributed by atoms with Crippen LogP contribution in [0.5, 0.6) is 23.0 Å². The molecule has 0 bridgehead atoms. The number of nitrogens with one attached hydrogen (secondary N) is 1. The Morgan fingerprint density at radius 3 is 2.18 bits per heavy atom. The molecule has 1 amide bonds. The second-order valence-corrected chi connectivity index (χ2v) is 8.60. The van der Waals surface area contributed by atoms with E-state index in [0.29, 0.717) is 36.6 Å². The van der Waals surface area contributed by atoms with Crippen LogP contribution in [0.25, 0.3) is 0 Å². The maximum Gasteiger partial charge on any atom is 0.223 e. The molecule has 0 aliphatic rings. The standard InChI is InChI=1S/C26H38N2O6/c1-28(2)12-6-11-27-26(31)21(14-19-7-9-22(30)24(15-19)33-4)20(17-29)13-18-8-10-23(32-3)25(16-18)34-5/h7-10,15-16,20-21,29-30H,6,11-14,17H2,1-5H3,(H,27,31)/t20-,21+/m1/s1. The van der Waals surface area contributed by atoms with E-state index in [0.717, 1.165) is 24.1 Å². The van der Waals surface area contributed by atoms with Gasteiger partial charge in [-0.1, -0.05) is 12.1 Å². The number of amides is 1. The number of benzene rings is 2. The Balaban J connectivity index is 2.27. The van der Waals surface area contributed by atoms with Crippen LogP contribution in [0.1, 0.15) is 17.5 Å². The lowest BCUT2D eigenvalue weighted by atomic mass is 9.82. The number of hydrogen-bond acceptors (Lipinski definition) is 7. The maximum atomic E-state index is 13.3. The lowest BCUT2D eigenvalue weighted by Crippen LogP contribution is -2.39. The molecule has 188 valence electrons. The van der Waals surface area contributed by atoms with E-state index < -0.39 is 5.92 Å². The van der Waals surface area contributed by atoms with E-state index in [4.69, 9.17) is 14.2 Å². The van der Waals surface area contributed by atoms with Gasteiger partial charge in [-0.3, -0.25) is 4.79 Å². The predicted octanol–water partition coefficient (Wildman–Crippen LogP) is 2.50. The summed E-state index contributed by atoms with van der Waals surface area (Å²) in [6, 6.07) is 10.7. The van der Waals surface area contributed by atoms with Gasteiger partial charge in [-0.2, -0.15) is 0 Å². The van der Waals surface area contributed by atoms with Gasteiger partial charge in [0.2, 0.25) is 5.91 Å². The summed E-state index contributed by atoms with van der Waals surface area (Å²) in [6.07, 6.45) is 1.72. The number of carbonyl (C=O) groups excluding carboxylic acids is 1. The minimum atomic E-state index is -0.480. The predicted molar refractivity (Wildman–Crippen MR) is 132 cm³/mol. The molecule has 0 aliphatic carbocycles. The fraction of sp³-hybridized carbons (Fsp3) is 0.500. The summed E-state index contributed by atoms with van der Waals surface area (Å²) in [7, 11) is 8.63. The highest BCUT2D eigenvalue weighted by atomic mass is 16.5. The van der Waals surface area contributed by atoms with Crippen molar-refractivity contribution in [1.82, 2.24) is 10.2 Å². The van der Waals surface area contributed by atoms with Gasteiger partial charge in [-0.15, -0.1) is 0 Å². The Bertz CT molecular complexity index is 918. The summed E-state index contributed by atoms with van der Waals surface area (Å²) in [6.45, 7) is 1.27. The van der Waals surface area contributed by atoms with Crippen molar-refractivity contribution >= 4 is 5.91 Å². The number of hydrogen-bond donors (Lipinski definition) is 3. The zero-order valence-electron chi connectivity index (χ0n) is 20.8. The number of ether oxygens (including phenoxy) is 3. The molecule has 0 aromatic heterocycles. The van der Waals surface area contributed by atoms with Crippen molar-refractivity contribution in [3.63, 3.8) is 0 Å². The number of phenols is 1. The topological polar surface area (TPSA) is 100 Å². The van der Waals surface area contributed by atoms with Crippen LogP contribution >= 0.6 is 0 Å². The molecular weight excluding hydrogens is 436 g/mol. The molecule has 0 unspecified atom stereocenters. The maximum absolute atomic E-state index is 13.3. The van der Waals surface area contributed by atoms with Crippen LogP contribution in [0.4, 0.5) is 0 Å². The van der Waals surface area contributed by atoms with Crippen molar-refractivity contribution in [2.24, 2.45) is 11.8 Å². The number of aromatic hydroxyl groups is 1. The van der Waals surface area contributed by atoms with Gasteiger partial charge < -0.3 is 34.6 Å². The van der Waals surface area contributed by atoms with Crippen molar-refractivity contribution in [2.45, 2.75) is 19.3 Å². The average molecular weight is 475 g/mol. The van der Waals surface area contributed by atoms with Gasteiger partial charge in [0, 0.05) is 19.1 Å². The van der Waals surface area contributed by atoms with Crippen molar-refractivity contribution in [1.29, 1.82) is 0 Å². The van der Waals surface area contributed by atoms with Gasteiger partial charge in [0.25, 0.3) is 0 Å². The first-order valence-electron chi connectivity index (χ1n) is 11.4. The van der Waals surface area contributed by atoms with E-state index in [1.54, 1.807) is 32.4 Å². The molecule has 0 fully saturated rings. The van der Waals surface area contributed by atoms with E-state index in [9.17, 15) is 15.0 Å². The quantitative estimate of drug-likeness (QED) is 0.362. The highest BCUT2D eigenvalue weighted by Crippen LogP contribution is 2.32. The van der Waals surface area contributed by atoms with E-state index in [-0.39, 0.29) is 24.2 Å². The van der Waals surface area contributed by atoms with Crippen LogP contribution in [0, 0.1) is 11.8 Å². The Labute approximate surface area is 202 Å². The summed E-state index contributed by atoms with van der Waals surface area (Å²) >= 11 is 0. The third-order valence-electron chi connectivity index (χ3n) is 5.87. The number of methoxy groups -OCH3 is 3. The molecule has 2 rings (SSSR count). The van der Waals surface area contributed by atoms with Gasteiger partial charge in [0.15, 0.2) is 23.0 Å². The molecule has 8 nitrogen and oxygen atoms in total. The van der Waals surface area contributed by atoms with Crippen LogP contribution in [0.15, 0.2) is 36.4 Å². The number of phenolic OH excluding ortho intramolecular Hbond substituents is 1. The molecule has 0 aliphatic heterocycles. The molecular formula is C26H38N2O6. The minimum Gasteiger partial charge on any atom is -0.504 e. The van der Waals surface area contributed by atoms with Crippen molar-refractivity contribution in [3.8, 4) is 23.0 Å². The van der Waals surface area contributed by atoms with Crippen LogP contribution in [-0.2, 0) is 17.6 Å². The Hall–Kier alpha value is -2.97. The van der Waals surface area contributed by atoms with Gasteiger partial charge in [-0.05, 0) is 81.2 Å². The van der Waals surface area contributed by atoms with E-state index >= 15 is 0 Å². The molecule has 3 N–H and O–H groups in total. The van der Waals surface area contributed by atoms with Crippen LogP contribution in [0.2, 0.25) is 0 Å². The first-order chi connectivity index (χ1) is 16.3. The van der Waals surface area contributed by atoms with E-state index in [1.165, 1.54) is 7.11 Å². The zero-order valence-corrected chi connectivity index (χ0v) is 20.8. The molecule has 34 heavy (non-hydrogen) atoms. The van der Waals surface area contributed by atoms with E-state index in [2.05, 4.69) is 10.2 Å². The third kappa shape index (κ3) is 7.81. The van der Waals surface area contributed by atoms with Crippen LogP contribution in [-0.4, -0.2) is 76.1 Å². The van der Waals surface area contributed by atoms with Gasteiger partial charge >= 0.3 is 0 Å². The molecule has 0 spiro atoms. The lowest BCUT2D eigenvalue weighted by molar-refractivity contribution is -0.127. The average Bonchev–Trinajstić information content (AvgIpc) is 2.84. The molecule has 0 saturated heterocycles. The number of aliphatic hydroxyl groups is 1. The Morgan fingerprint density at radius 2 is 1.56 bits per heavy atom. The molecule has 8 heteroatoms. The fourth-order valence-corrected chi connectivity index (χ4v) is 3.96. The second-order valence-electron chi connectivity index (χ2n) is 8.60. The molecule has 0 heterocycles. The summed E-state index contributed by atoms with van der Waals surface area (Å²) in [5, 5.41) is 23.3. The van der Waals surface area contributed by atoms with Crippen molar-refractivity contribution in [3.05, 3.63) is 47.5 Å². The molecule has 0 radical (unpaired) electrons. The van der Waals surface area contributed by atoms with Gasteiger partial charge in [-0.25, -0.2) is 0 Å². The molecule has 2 aromatic rings. The lowest BCUT2D eigenvalue weighted by Gasteiger charge is -2.26. The summed E-state index contributed by atoms with van der Waals surface area (Å²) in [4.78, 5) is 15.3. The summed E-state index contributed by atoms with van der Waals surface area (Å²) in [5.41, 5.74) is 1.78. The minimum absolute atomic E-state index is 0.0416. The first kappa shape index (κ1) is 27.3. The van der Waals surface area contributed by atoms with Crippen molar-refractivity contribution in [2.75, 3.05) is 55.1 Å². The van der Waals surface area contributed by atoms with Crippen LogP contribution in [0.3, 0.4) is 0 Å². The van der Waals surface area contributed by atoms with Crippen LogP contribution < -0.4 is 19.5 Å². The molecule has 0 saturated carbocycles. The summed E-state index contributed by atoms with van der Waals surface area (Å²) < 4.78 is 16.0. The summed E-state index contributed by atoms with van der Waals surface area (Å²) in [5.74, 6) is 0.703. The second kappa shape index (κ2) is 13.7. The number of aliphatic hydroxyl groups excluding tert-OH is 1. The normalized spacial score (nSPS) is 12.8. The SMILES string of the molecule is COc1cc(C[C@H](C(=O)NCCCN(C)C)[C@@H](CO)Cc2ccc(OC)c(OC)c2)ccc1O. The largest absolute Gasteiger partial charge is 0.504 e. The number of carbonyl (C=O) groups is 1. The smallest absolute Gasteiger partial charge is 0.223 e. The van der Waals surface area contributed by atoms with Gasteiger partial charge in [0.05, 0.1) is 21.3 Å². The third-order valence-corrected chi connectivity index (χ3v) is 5.87. The number of rotatable bonds is 14. The Kier molecular flexibility index (Phi) is 11.0. The first-order valence-corrected chi connectivity index (χ1v) is 11.4. The Morgan fingerprint density at radius 1 is 0.941 bits per heavy atom. The molecule has 2 aromatic carbocycles.